The summed E-state index contributed by atoms with van der Waals surface area (Å²) in [6, 6.07) is 6.53. The summed E-state index contributed by atoms with van der Waals surface area (Å²) in [7, 11) is 0. The Bertz CT molecular complexity index is 588. The summed E-state index contributed by atoms with van der Waals surface area (Å²) in [5.74, 6) is -0.335. The van der Waals surface area contributed by atoms with E-state index in [1.54, 1.807) is 24.3 Å². The Kier molecular flexibility index (Phi) is 4.99. The van der Waals surface area contributed by atoms with Crippen molar-refractivity contribution in [2.24, 2.45) is 0 Å². The molecule has 0 bridgehead atoms. The molecule has 0 aromatic heterocycles. The minimum absolute atomic E-state index is 0.108. The van der Waals surface area contributed by atoms with Gasteiger partial charge in [-0.25, -0.2) is 4.90 Å². The molecule has 1 aromatic carbocycles. The van der Waals surface area contributed by atoms with Gasteiger partial charge in [-0.2, -0.15) is 0 Å². The second-order valence-electron chi connectivity index (χ2n) is 6.16. The number of hydrogen-bond donors (Lipinski definition) is 1. The number of amides is 2. The average molecular weight is 337 g/mol. The van der Waals surface area contributed by atoms with E-state index >= 15 is 0 Å². The number of carbonyl (C=O) groups excluding carboxylic acids is 2. The first-order chi connectivity index (χ1) is 11.1. The molecule has 2 fully saturated rings. The maximum absolute atomic E-state index is 12.8. The van der Waals surface area contributed by atoms with Gasteiger partial charge in [-0.15, -0.1) is 0 Å². The van der Waals surface area contributed by atoms with Crippen LogP contribution < -0.4 is 4.90 Å². The molecule has 0 spiro atoms. The number of hydrogen-bond acceptors (Lipinski definition) is 4. The van der Waals surface area contributed by atoms with Gasteiger partial charge in [0, 0.05) is 17.7 Å². The largest absolute Gasteiger partial charge is 0.396 e. The average Bonchev–Trinajstić information content (AvgIpc) is 2.84. The molecule has 1 N–H and O–H groups in total. The first-order valence-corrected chi connectivity index (χ1v) is 8.48. The summed E-state index contributed by atoms with van der Waals surface area (Å²) in [6.07, 6.45) is 3.97. The smallest absolute Gasteiger partial charge is 0.251 e. The lowest BCUT2D eigenvalue weighted by atomic mass is 9.97. The number of aliphatic hydroxyl groups is 1. The van der Waals surface area contributed by atoms with Crippen LogP contribution in [0.3, 0.4) is 0 Å². The minimum atomic E-state index is -0.407. The molecular formula is C17H21ClN2O3. The van der Waals surface area contributed by atoms with Crippen molar-refractivity contribution in [1.82, 2.24) is 4.90 Å². The number of anilines is 1. The van der Waals surface area contributed by atoms with Crippen LogP contribution in [0.25, 0.3) is 0 Å². The van der Waals surface area contributed by atoms with Crippen LogP contribution in [0.4, 0.5) is 5.69 Å². The van der Waals surface area contributed by atoms with E-state index in [2.05, 4.69) is 4.90 Å². The highest BCUT2D eigenvalue weighted by Gasteiger charge is 2.44. The molecule has 0 saturated carbocycles. The lowest BCUT2D eigenvalue weighted by Crippen LogP contribution is -2.50. The number of likely N-dealkylation sites (tertiary alicyclic amines) is 1. The Balaban J connectivity index is 1.81. The van der Waals surface area contributed by atoms with Crippen LogP contribution in [0, 0.1) is 0 Å². The van der Waals surface area contributed by atoms with Gasteiger partial charge in [0.05, 0.1) is 18.2 Å². The lowest BCUT2D eigenvalue weighted by Gasteiger charge is -2.38. The van der Waals surface area contributed by atoms with Gasteiger partial charge in [-0.3, -0.25) is 14.5 Å². The van der Waals surface area contributed by atoms with Gasteiger partial charge < -0.3 is 5.11 Å². The molecule has 0 radical (unpaired) electrons. The maximum Gasteiger partial charge on any atom is 0.251 e. The van der Waals surface area contributed by atoms with Crippen LogP contribution in [0.15, 0.2) is 24.3 Å². The molecule has 0 aliphatic carbocycles. The quantitative estimate of drug-likeness (QED) is 0.856. The van der Waals surface area contributed by atoms with E-state index in [4.69, 9.17) is 11.6 Å². The Morgan fingerprint density at radius 3 is 2.61 bits per heavy atom. The van der Waals surface area contributed by atoms with E-state index in [0.29, 0.717) is 17.1 Å². The molecule has 2 atom stereocenters. The molecule has 6 heteroatoms. The second kappa shape index (κ2) is 6.99. The third kappa shape index (κ3) is 3.27. The molecule has 2 saturated heterocycles. The normalized spacial score (nSPS) is 26.1. The van der Waals surface area contributed by atoms with Gasteiger partial charge in [-0.1, -0.05) is 18.0 Å². The van der Waals surface area contributed by atoms with Crippen LogP contribution >= 0.6 is 11.6 Å². The number of nitrogens with zero attached hydrogens (tertiary/aromatic N) is 2. The Labute approximate surface area is 140 Å². The van der Waals surface area contributed by atoms with E-state index < -0.39 is 6.04 Å². The lowest BCUT2D eigenvalue weighted by molar-refractivity contribution is -0.123. The summed E-state index contributed by atoms with van der Waals surface area (Å²) in [5.41, 5.74) is 0.572. The number of rotatable bonds is 4. The molecule has 2 aliphatic heterocycles. The van der Waals surface area contributed by atoms with Gasteiger partial charge in [0.25, 0.3) is 5.91 Å². The zero-order chi connectivity index (χ0) is 16.4. The number of imide groups is 1. The van der Waals surface area contributed by atoms with E-state index in [0.717, 1.165) is 25.8 Å². The molecule has 2 amide bonds. The SMILES string of the molecule is O=C1C[C@@H](N2CCCC[C@H]2CCO)C(=O)N1c1ccc(Cl)cc1. The van der Waals surface area contributed by atoms with E-state index in [1.807, 2.05) is 0 Å². The maximum atomic E-state index is 12.8. The van der Waals surface area contributed by atoms with Crippen molar-refractivity contribution < 1.29 is 14.7 Å². The van der Waals surface area contributed by atoms with Crippen molar-refractivity contribution >= 4 is 29.1 Å². The van der Waals surface area contributed by atoms with E-state index in [9.17, 15) is 14.7 Å². The molecular weight excluding hydrogens is 316 g/mol. The topological polar surface area (TPSA) is 60.9 Å². The first kappa shape index (κ1) is 16.4. The summed E-state index contributed by atoms with van der Waals surface area (Å²) >= 11 is 5.88. The van der Waals surface area contributed by atoms with Crippen molar-refractivity contribution in [2.75, 3.05) is 18.1 Å². The number of piperidine rings is 1. The number of carbonyl (C=O) groups is 2. The third-order valence-electron chi connectivity index (χ3n) is 4.74. The highest BCUT2D eigenvalue weighted by molar-refractivity contribution is 6.30. The Hall–Kier alpha value is -1.43. The molecule has 2 heterocycles. The fourth-order valence-electron chi connectivity index (χ4n) is 3.63. The van der Waals surface area contributed by atoms with Gasteiger partial charge in [0.1, 0.15) is 0 Å². The zero-order valence-electron chi connectivity index (χ0n) is 12.9. The van der Waals surface area contributed by atoms with Crippen LogP contribution in [-0.4, -0.2) is 47.1 Å². The van der Waals surface area contributed by atoms with Crippen LogP contribution in [0.1, 0.15) is 32.1 Å². The molecule has 23 heavy (non-hydrogen) atoms. The Morgan fingerprint density at radius 1 is 1.17 bits per heavy atom. The predicted octanol–water partition coefficient (Wildman–Crippen LogP) is 2.21. The molecule has 1 aromatic rings. The van der Waals surface area contributed by atoms with Crippen LogP contribution in [0.5, 0.6) is 0 Å². The minimum Gasteiger partial charge on any atom is -0.396 e. The summed E-state index contributed by atoms with van der Waals surface area (Å²) in [6.45, 7) is 0.916. The highest BCUT2D eigenvalue weighted by Crippen LogP contribution is 2.31. The fraction of sp³-hybridized carbons (Fsp3) is 0.529. The molecule has 0 unspecified atom stereocenters. The second-order valence-corrected chi connectivity index (χ2v) is 6.60. The van der Waals surface area contributed by atoms with Crippen molar-refractivity contribution in [3.05, 3.63) is 29.3 Å². The summed E-state index contributed by atoms with van der Waals surface area (Å²) in [4.78, 5) is 28.6. The number of benzene rings is 1. The standard InChI is InChI=1S/C17H21ClN2O3/c18-12-4-6-14(7-5-12)20-16(22)11-15(17(20)23)19-9-2-1-3-13(19)8-10-21/h4-7,13,15,21H,1-3,8-11H2/t13-,15+/m0/s1. The van der Waals surface area contributed by atoms with Gasteiger partial charge in [0.2, 0.25) is 5.91 Å². The highest BCUT2D eigenvalue weighted by atomic mass is 35.5. The van der Waals surface area contributed by atoms with Gasteiger partial charge in [-0.05, 0) is 50.1 Å². The van der Waals surface area contributed by atoms with E-state index in [1.165, 1.54) is 4.90 Å². The van der Waals surface area contributed by atoms with Crippen LogP contribution in [0.2, 0.25) is 5.02 Å². The zero-order valence-corrected chi connectivity index (χ0v) is 13.7. The van der Waals surface area contributed by atoms with Crippen molar-refractivity contribution in [3.63, 3.8) is 0 Å². The predicted molar refractivity (Wildman–Crippen MR) is 88.4 cm³/mol. The van der Waals surface area contributed by atoms with Crippen molar-refractivity contribution in [2.45, 2.75) is 44.2 Å². The fourth-order valence-corrected chi connectivity index (χ4v) is 3.75. The molecule has 2 aliphatic rings. The van der Waals surface area contributed by atoms with Crippen molar-refractivity contribution in [3.8, 4) is 0 Å². The molecule has 124 valence electrons. The van der Waals surface area contributed by atoms with Crippen molar-refractivity contribution in [1.29, 1.82) is 0 Å². The third-order valence-corrected chi connectivity index (χ3v) is 4.99. The van der Waals surface area contributed by atoms with E-state index in [-0.39, 0.29) is 30.9 Å². The Morgan fingerprint density at radius 2 is 1.91 bits per heavy atom. The first-order valence-electron chi connectivity index (χ1n) is 8.11. The number of halogens is 1. The van der Waals surface area contributed by atoms with Gasteiger partial charge in [0.15, 0.2) is 0 Å². The van der Waals surface area contributed by atoms with Gasteiger partial charge >= 0.3 is 0 Å². The molecule has 5 nitrogen and oxygen atoms in total. The summed E-state index contributed by atoms with van der Waals surface area (Å²) in [5, 5.41) is 9.82. The monoisotopic (exact) mass is 336 g/mol. The summed E-state index contributed by atoms with van der Waals surface area (Å²) < 4.78 is 0. The van der Waals surface area contributed by atoms with Crippen LogP contribution in [-0.2, 0) is 9.59 Å². The molecule has 3 rings (SSSR count). The number of aliphatic hydroxyl groups excluding tert-OH is 1.